The molecule has 0 amide bonds. The van der Waals surface area contributed by atoms with Gasteiger partial charge in [-0.15, -0.1) is 11.6 Å². The number of anilines is 2. The van der Waals surface area contributed by atoms with Gasteiger partial charge in [-0.2, -0.15) is 4.98 Å². The van der Waals surface area contributed by atoms with Crippen LogP contribution in [-0.2, 0) is 0 Å². The first-order valence-electron chi connectivity index (χ1n) is 7.21. The van der Waals surface area contributed by atoms with Crippen LogP contribution < -0.4 is 10.2 Å². The van der Waals surface area contributed by atoms with Gasteiger partial charge in [-0.3, -0.25) is 0 Å². The second-order valence-corrected chi connectivity index (χ2v) is 5.97. The van der Waals surface area contributed by atoms with Gasteiger partial charge in [0.25, 0.3) is 0 Å². The number of hydrogen-bond donors (Lipinski definition) is 1. The first-order chi connectivity index (χ1) is 10.2. The maximum atomic E-state index is 5.75. The first kappa shape index (κ1) is 16.3. The van der Waals surface area contributed by atoms with Gasteiger partial charge in [-0.1, -0.05) is 15.9 Å². The number of halogens is 2. The fourth-order valence-corrected chi connectivity index (χ4v) is 2.64. The molecule has 0 unspecified atom stereocenters. The highest BCUT2D eigenvalue weighted by Crippen LogP contribution is 2.26. The van der Waals surface area contributed by atoms with Gasteiger partial charge in [0, 0.05) is 35.4 Å². The topological polar surface area (TPSA) is 41.1 Å². The third-order valence-corrected chi connectivity index (χ3v) is 4.06. The lowest BCUT2D eigenvalue weighted by Gasteiger charge is -2.20. The highest BCUT2D eigenvalue weighted by molar-refractivity contribution is 9.10. The molecule has 0 bridgehead atoms. The van der Waals surface area contributed by atoms with Crippen molar-refractivity contribution in [1.82, 2.24) is 9.97 Å². The first-order valence-corrected chi connectivity index (χ1v) is 8.54. The summed E-state index contributed by atoms with van der Waals surface area (Å²) in [6.45, 7) is 6.80. The molecule has 1 N–H and O–H groups in total. The van der Waals surface area contributed by atoms with E-state index in [1.165, 1.54) is 0 Å². The van der Waals surface area contributed by atoms with Crippen molar-refractivity contribution >= 4 is 50.2 Å². The maximum Gasteiger partial charge on any atom is 0.227 e. The molecule has 4 nitrogen and oxygen atoms in total. The minimum Gasteiger partial charge on any atom is -0.369 e. The van der Waals surface area contributed by atoms with Gasteiger partial charge >= 0.3 is 0 Å². The molecule has 0 saturated heterocycles. The minimum absolute atomic E-state index is 0.641. The van der Waals surface area contributed by atoms with E-state index in [1.807, 2.05) is 18.2 Å². The molecule has 2 aromatic rings. The summed E-state index contributed by atoms with van der Waals surface area (Å²) < 4.78 is 1.02. The molecule has 21 heavy (non-hydrogen) atoms. The van der Waals surface area contributed by atoms with Gasteiger partial charge in [-0.25, -0.2) is 4.98 Å². The lowest BCUT2D eigenvalue weighted by Crippen LogP contribution is -2.24. The van der Waals surface area contributed by atoms with Gasteiger partial charge < -0.3 is 10.2 Å². The molecule has 0 aliphatic carbocycles. The molecule has 0 radical (unpaired) electrons. The van der Waals surface area contributed by atoms with Crippen LogP contribution in [0.2, 0.25) is 0 Å². The lowest BCUT2D eigenvalue weighted by atomic mass is 10.2. The van der Waals surface area contributed by atoms with E-state index in [-0.39, 0.29) is 0 Å². The fourth-order valence-electron chi connectivity index (χ4n) is 2.14. The largest absolute Gasteiger partial charge is 0.369 e. The van der Waals surface area contributed by atoms with Gasteiger partial charge in [0.2, 0.25) is 5.95 Å². The van der Waals surface area contributed by atoms with Crippen LogP contribution in [0, 0.1) is 0 Å². The normalized spacial score (nSPS) is 10.9. The molecule has 114 valence electrons. The van der Waals surface area contributed by atoms with E-state index < -0.39 is 0 Å². The zero-order valence-electron chi connectivity index (χ0n) is 12.4. The monoisotopic (exact) mass is 370 g/mol. The van der Waals surface area contributed by atoms with Crippen molar-refractivity contribution in [1.29, 1.82) is 0 Å². The average molecular weight is 372 g/mol. The Balaban J connectivity index is 2.46. The van der Waals surface area contributed by atoms with E-state index in [1.54, 1.807) is 0 Å². The summed E-state index contributed by atoms with van der Waals surface area (Å²) in [7, 11) is 0. The molecule has 0 spiro atoms. The Labute approximate surface area is 139 Å². The molecule has 0 aliphatic rings. The minimum atomic E-state index is 0.641. The Morgan fingerprint density at radius 2 is 2.00 bits per heavy atom. The number of nitrogens with one attached hydrogen (secondary N) is 1. The van der Waals surface area contributed by atoms with E-state index in [0.717, 1.165) is 53.2 Å². The third-order valence-electron chi connectivity index (χ3n) is 3.30. The predicted molar refractivity (Wildman–Crippen MR) is 94.6 cm³/mol. The zero-order chi connectivity index (χ0) is 15.2. The number of rotatable bonds is 7. The summed E-state index contributed by atoms with van der Waals surface area (Å²) in [6, 6.07) is 6.06. The highest BCUT2D eigenvalue weighted by atomic mass is 79.9. The van der Waals surface area contributed by atoms with Crippen LogP contribution in [0.3, 0.4) is 0 Å². The van der Waals surface area contributed by atoms with Gasteiger partial charge in [0.1, 0.15) is 5.82 Å². The molecule has 2 rings (SSSR count). The van der Waals surface area contributed by atoms with Crippen molar-refractivity contribution in [3.63, 3.8) is 0 Å². The van der Waals surface area contributed by atoms with Gasteiger partial charge in [0.15, 0.2) is 0 Å². The molecule has 0 saturated carbocycles. The second kappa shape index (κ2) is 7.80. The third kappa shape index (κ3) is 3.98. The van der Waals surface area contributed by atoms with E-state index >= 15 is 0 Å². The van der Waals surface area contributed by atoms with Crippen molar-refractivity contribution in [2.24, 2.45) is 0 Å². The Bertz CT molecular complexity index is 601. The van der Waals surface area contributed by atoms with Gasteiger partial charge in [0.05, 0.1) is 5.52 Å². The summed E-state index contributed by atoms with van der Waals surface area (Å²) in [4.78, 5) is 11.5. The molecule has 0 fully saturated rings. The van der Waals surface area contributed by atoms with E-state index in [0.29, 0.717) is 5.88 Å². The summed E-state index contributed by atoms with van der Waals surface area (Å²) in [5.74, 6) is 2.28. The van der Waals surface area contributed by atoms with Crippen LogP contribution in [0.15, 0.2) is 22.7 Å². The van der Waals surface area contributed by atoms with E-state index in [4.69, 9.17) is 16.6 Å². The number of fused-ring (bicyclic) bond motifs is 1. The van der Waals surface area contributed by atoms with Crippen LogP contribution in [0.5, 0.6) is 0 Å². The summed E-state index contributed by atoms with van der Waals surface area (Å²) in [6.07, 6.45) is 0.904. The number of aromatic nitrogens is 2. The summed E-state index contributed by atoms with van der Waals surface area (Å²) >= 11 is 9.26. The average Bonchev–Trinajstić information content (AvgIpc) is 2.49. The zero-order valence-corrected chi connectivity index (χ0v) is 14.7. The number of nitrogens with zero attached hydrogens (tertiary/aromatic N) is 3. The Hall–Kier alpha value is -1.07. The number of benzene rings is 1. The van der Waals surface area contributed by atoms with Crippen molar-refractivity contribution in [2.45, 2.75) is 20.3 Å². The summed E-state index contributed by atoms with van der Waals surface area (Å²) in [5.41, 5.74) is 0.948. The van der Waals surface area contributed by atoms with Crippen molar-refractivity contribution < 1.29 is 0 Å². The van der Waals surface area contributed by atoms with E-state index in [2.05, 4.69) is 45.0 Å². The van der Waals surface area contributed by atoms with Crippen LogP contribution >= 0.6 is 27.5 Å². The maximum absolute atomic E-state index is 5.75. The molecule has 6 heteroatoms. The standard InChI is InChI=1S/C15H20BrClN4/c1-3-21(4-2)15-19-13-7-6-11(16)10-12(13)14(20-15)18-9-5-8-17/h6-7,10H,3-5,8-9H2,1-2H3,(H,18,19,20). The Kier molecular flexibility index (Phi) is 6.06. The smallest absolute Gasteiger partial charge is 0.227 e. The molecule has 0 aliphatic heterocycles. The Morgan fingerprint density at radius 1 is 1.24 bits per heavy atom. The van der Waals surface area contributed by atoms with Crippen LogP contribution in [-0.4, -0.2) is 35.5 Å². The molecule has 1 aromatic heterocycles. The van der Waals surface area contributed by atoms with Crippen LogP contribution in [0.4, 0.5) is 11.8 Å². The van der Waals surface area contributed by atoms with Crippen LogP contribution in [0.1, 0.15) is 20.3 Å². The Morgan fingerprint density at radius 3 is 2.67 bits per heavy atom. The molecule has 1 aromatic carbocycles. The molecular formula is C15H20BrClN4. The van der Waals surface area contributed by atoms with Crippen molar-refractivity contribution in [3.8, 4) is 0 Å². The van der Waals surface area contributed by atoms with Crippen molar-refractivity contribution in [2.75, 3.05) is 35.7 Å². The van der Waals surface area contributed by atoms with E-state index in [9.17, 15) is 0 Å². The predicted octanol–water partition coefficient (Wildman–Crippen LogP) is 4.28. The fraction of sp³-hybridized carbons (Fsp3) is 0.467. The van der Waals surface area contributed by atoms with Crippen LogP contribution in [0.25, 0.3) is 10.9 Å². The number of hydrogen-bond acceptors (Lipinski definition) is 4. The van der Waals surface area contributed by atoms with Crippen molar-refractivity contribution in [3.05, 3.63) is 22.7 Å². The van der Waals surface area contributed by atoms with Gasteiger partial charge in [-0.05, 0) is 38.5 Å². The highest BCUT2D eigenvalue weighted by Gasteiger charge is 2.11. The number of alkyl halides is 1. The lowest BCUT2D eigenvalue weighted by molar-refractivity contribution is 0.825. The SMILES string of the molecule is CCN(CC)c1nc(NCCCCl)c2cc(Br)ccc2n1. The molecule has 1 heterocycles. The molecular weight excluding hydrogens is 352 g/mol. The quantitative estimate of drug-likeness (QED) is 0.582. The second-order valence-electron chi connectivity index (χ2n) is 4.68. The summed E-state index contributed by atoms with van der Waals surface area (Å²) in [5, 5.41) is 4.40. The molecule has 0 atom stereocenters.